The Morgan fingerprint density at radius 2 is 2.00 bits per heavy atom. The fourth-order valence-corrected chi connectivity index (χ4v) is 3.99. The Kier molecular flexibility index (Phi) is 5.78. The third-order valence-corrected chi connectivity index (χ3v) is 5.56. The van der Waals surface area contributed by atoms with E-state index in [0.717, 1.165) is 10.0 Å². The number of thioether (sulfide) groups is 1. The molecule has 0 saturated carbocycles. The summed E-state index contributed by atoms with van der Waals surface area (Å²) in [5, 5.41) is 3.67. The zero-order chi connectivity index (χ0) is 18.7. The SMILES string of the molecule is CNC(=O)CSc1nc2ccc(Br)cc2c(=O)n1C(C)c1ccccc1. The number of halogens is 1. The van der Waals surface area contributed by atoms with Gasteiger partial charge in [0, 0.05) is 11.5 Å². The molecule has 134 valence electrons. The Morgan fingerprint density at radius 3 is 2.69 bits per heavy atom. The molecule has 2 aromatic carbocycles. The molecule has 0 fully saturated rings. The van der Waals surface area contributed by atoms with Crippen LogP contribution in [0.1, 0.15) is 18.5 Å². The van der Waals surface area contributed by atoms with E-state index in [-0.39, 0.29) is 23.3 Å². The highest BCUT2D eigenvalue weighted by Crippen LogP contribution is 2.25. The van der Waals surface area contributed by atoms with E-state index < -0.39 is 0 Å². The average Bonchev–Trinajstić information content (AvgIpc) is 2.67. The van der Waals surface area contributed by atoms with Crippen LogP contribution < -0.4 is 10.9 Å². The van der Waals surface area contributed by atoms with E-state index in [1.165, 1.54) is 11.8 Å². The van der Waals surface area contributed by atoms with Crippen LogP contribution >= 0.6 is 27.7 Å². The van der Waals surface area contributed by atoms with Crippen LogP contribution in [0.4, 0.5) is 0 Å². The molecule has 0 aliphatic heterocycles. The monoisotopic (exact) mass is 431 g/mol. The maximum Gasteiger partial charge on any atom is 0.262 e. The van der Waals surface area contributed by atoms with Gasteiger partial charge < -0.3 is 5.32 Å². The fourth-order valence-electron chi connectivity index (χ4n) is 2.68. The molecule has 1 heterocycles. The lowest BCUT2D eigenvalue weighted by molar-refractivity contribution is -0.118. The molecule has 26 heavy (non-hydrogen) atoms. The van der Waals surface area contributed by atoms with Crippen molar-refractivity contribution in [3.63, 3.8) is 0 Å². The lowest BCUT2D eigenvalue weighted by Gasteiger charge is -2.20. The van der Waals surface area contributed by atoms with E-state index in [9.17, 15) is 9.59 Å². The van der Waals surface area contributed by atoms with Crippen LogP contribution in [0.25, 0.3) is 10.9 Å². The number of nitrogens with zero attached hydrogens (tertiary/aromatic N) is 2. The Labute approximate surface area is 164 Å². The summed E-state index contributed by atoms with van der Waals surface area (Å²) in [5.41, 5.74) is 1.51. The number of rotatable bonds is 5. The molecule has 1 N–H and O–H groups in total. The van der Waals surface area contributed by atoms with Crippen molar-refractivity contribution in [2.75, 3.05) is 12.8 Å². The predicted octanol–water partition coefficient (Wildman–Crippen LogP) is 3.61. The second-order valence-corrected chi connectivity index (χ2v) is 7.64. The Hall–Kier alpha value is -2.12. The zero-order valence-corrected chi connectivity index (χ0v) is 16.8. The molecular formula is C19H18BrN3O2S. The molecule has 1 unspecified atom stereocenters. The van der Waals surface area contributed by atoms with Crippen molar-refractivity contribution in [1.82, 2.24) is 14.9 Å². The number of amides is 1. The fraction of sp³-hybridized carbons (Fsp3) is 0.211. The van der Waals surface area contributed by atoms with Crippen molar-refractivity contribution in [1.29, 1.82) is 0 Å². The van der Waals surface area contributed by atoms with Crippen molar-refractivity contribution in [2.45, 2.75) is 18.1 Å². The third kappa shape index (κ3) is 3.83. The first kappa shape index (κ1) is 18.7. The summed E-state index contributed by atoms with van der Waals surface area (Å²) in [6.07, 6.45) is 0. The van der Waals surface area contributed by atoms with Crippen LogP contribution in [-0.2, 0) is 4.79 Å². The molecule has 1 amide bonds. The van der Waals surface area contributed by atoms with Crippen LogP contribution in [0, 0.1) is 0 Å². The van der Waals surface area contributed by atoms with Gasteiger partial charge in [-0.3, -0.25) is 14.2 Å². The normalized spacial score (nSPS) is 12.1. The van der Waals surface area contributed by atoms with E-state index in [4.69, 9.17) is 0 Å². The van der Waals surface area contributed by atoms with E-state index in [2.05, 4.69) is 26.2 Å². The Bertz CT molecular complexity index is 1000. The van der Waals surface area contributed by atoms with Crippen LogP contribution in [0.3, 0.4) is 0 Å². The quantitative estimate of drug-likeness (QED) is 0.494. The van der Waals surface area contributed by atoms with Gasteiger partial charge in [-0.15, -0.1) is 0 Å². The molecule has 0 radical (unpaired) electrons. The highest BCUT2D eigenvalue weighted by Gasteiger charge is 2.18. The van der Waals surface area contributed by atoms with Gasteiger partial charge in [-0.2, -0.15) is 0 Å². The average molecular weight is 432 g/mol. The Morgan fingerprint density at radius 1 is 1.27 bits per heavy atom. The third-order valence-electron chi connectivity index (χ3n) is 4.11. The molecule has 3 rings (SSSR count). The first-order valence-electron chi connectivity index (χ1n) is 8.11. The number of fused-ring (bicyclic) bond motifs is 1. The molecule has 1 atom stereocenters. The molecule has 0 aliphatic carbocycles. The Balaban J connectivity index is 2.17. The second-order valence-electron chi connectivity index (χ2n) is 5.78. The summed E-state index contributed by atoms with van der Waals surface area (Å²) in [7, 11) is 1.59. The van der Waals surface area contributed by atoms with Gasteiger partial charge in [-0.25, -0.2) is 4.98 Å². The molecule has 0 spiro atoms. The predicted molar refractivity (Wildman–Crippen MR) is 109 cm³/mol. The number of nitrogens with one attached hydrogen (secondary N) is 1. The first-order valence-corrected chi connectivity index (χ1v) is 9.89. The minimum absolute atomic E-state index is 0.112. The van der Waals surface area contributed by atoms with E-state index in [0.29, 0.717) is 16.1 Å². The maximum absolute atomic E-state index is 13.2. The van der Waals surface area contributed by atoms with Crippen molar-refractivity contribution in [2.24, 2.45) is 0 Å². The number of hydrogen-bond acceptors (Lipinski definition) is 4. The van der Waals surface area contributed by atoms with Gasteiger partial charge in [0.15, 0.2) is 5.16 Å². The highest BCUT2D eigenvalue weighted by atomic mass is 79.9. The van der Waals surface area contributed by atoms with E-state index in [1.54, 1.807) is 17.7 Å². The molecular weight excluding hydrogens is 414 g/mol. The molecule has 0 saturated heterocycles. The van der Waals surface area contributed by atoms with Gasteiger partial charge in [0.2, 0.25) is 5.91 Å². The molecule has 0 bridgehead atoms. The molecule has 0 aliphatic rings. The standard InChI is InChI=1S/C19H18BrN3O2S/c1-12(13-6-4-3-5-7-13)23-18(25)15-10-14(20)8-9-16(15)22-19(23)26-11-17(24)21-2/h3-10,12H,11H2,1-2H3,(H,21,24). The van der Waals surface area contributed by atoms with Gasteiger partial charge in [0.25, 0.3) is 5.56 Å². The summed E-state index contributed by atoms with van der Waals surface area (Å²) in [6.45, 7) is 1.96. The van der Waals surface area contributed by atoms with Crippen LogP contribution in [0.5, 0.6) is 0 Å². The van der Waals surface area contributed by atoms with Crippen molar-refractivity contribution in [3.05, 3.63) is 68.9 Å². The molecule has 7 heteroatoms. The summed E-state index contributed by atoms with van der Waals surface area (Å²) < 4.78 is 2.49. The molecule has 5 nitrogen and oxygen atoms in total. The van der Waals surface area contributed by atoms with Crippen molar-refractivity contribution >= 4 is 44.5 Å². The van der Waals surface area contributed by atoms with Crippen LogP contribution in [0.2, 0.25) is 0 Å². The number of hydrogen-bond donors (Lipinski definition) is 1. The van der Waals surface area contributed by atoms with Gasteiger partial charge in [-0.05, 0) is 30.7 Å². The number of carbonyl (C=O) groups excluding carboxylic acids is 1. The number of carbonyl (C=O) groups is 1. The van der Waals surface area contributed by atoms with Crippen LogP contribution in [0.15, 0.2) is 63.0 Å². The molecule has 1 aromatic heterocycles. The van der Waals surface area contributed by atoms with Gasteiger partial charge in [0.1, 0.15) is 0 Å². The molecule has 3 aromatic rings. The summed E-state index contributed by atoms with van der Waals surface area (Å²) >= 11 is 4.68. The van der Waals surface area contributed by atoms with Crippen molar-refractivity contribution in [3.8, 4) is 0 Å². The maximum atomic E-state index is 13.2. The van der Waals surface area contributed by atoms with E-state index in [1.807, 2.05) is 49.4 Å². The van der Waals surface area contributed by atoms with Crippen molar-refractivity contribution < 1.29 is 4.79 Å². The topological polar surface area (TPSA) is 64.0 Å². The number of benzene rings is 2. The van der Waals surface area contributed by atoms with E-state index >= 15 is 0 Å². The van der Waals surface area contributed by atoms with Crippen LogP contribution in [-0.4, -0.2) is 28.3 Å². The summed E-state index contributed by atoms with van der Waals surface area (Å²) in [6, 6.07) is 15.0. The summed E-state index contributed by atoms with van der Waals surface area (Å²) in [5.74, 6) is 0.0889. The second kappa shape index (κ2) is 8.05. The number of aromatic nitrogens is 2. The summed E-state index contributed by atoms with van der Waals surface area (Å²) in [4.78, 5) is 29.5. The van der Waals surface area contributed by atoms with Gasteiger partial charge in [-0.1, -0.05) is 58.0 Å². The lowest BCUT2D eigenvalue weighted by atomic mass is 10.1. The van der Waals surface area contributed by atoms with Gasteiger partial charge in [0.05, 0.1) is 22.7 Å². The zero-order valence-electron chi connectivity index (χ0n) is 14.4. The van der Waals surface area contributed by atoms with Gasteiger partial charge >= 0.3 is 0 Å². The minimum atomic E-state index is -0.202. The lowest BCUT2D eigenvalue weighted by Crippen LogP contribution is -2.28. The largest absolute Gasteiger partial charge is 0.358 e. The smallest absolute Gasteiger partial charge is 0.262 e. The minimum Gasteiger partial charge on any atom is -0.358 e. The first-order chi connectivity index (χ1) is 12.5. The highest BCUT2D eigenvalue weighted by molar-refractivity contribution is 9.10.